The molecule has 6 heteroatoms. The average Bonchev–Trinajstić information content (AvgIpc) is 2.28. The molecule has 0 aliphatic heterocycles. The zero-order chi connectivity index (χ0) is 12.8. The number of ether oxygens (including phenoxy) is 1. The molecule has 0 fully saturated rings. The van der Waals surface area contributed by atoms with E-state index in [4.69, 9.17) is 9.84 Å². The van der Waals surface area contributed by atoms with Crippen molar-refractivity contribution in [2.45, 2.75) is 26.2 Å². The summed E-state index contributed by atoms with van der Waals surface area (Å²) in [6.45, 7) is 1.93. The van der Waals surface area contributed by atoms with E-state index in [1.807, 2.05) is 6.92 Å². The van der Waals surface area contributed by atoms with Crippen molar-refractivity contribution in [2.75, 3.05) is 0 Å². The maximum atomic E-state index is 11.3. The SMILES string of the molecule is CCCCC(=O)Oc1ccc(O)cc1[N+](=O)[O-]. The van der Waals surface area contributed by atoms with Gasteiger partial charge in [0.25, 0.3) is 0 Å². The molecule has 0 heterocycles. The Hall–Kier alpha value is -2.11. The molecule has 1 aromatic rings. The number of phenols is 1. The van der Waals surface area contributed by atoms with E-state index >= 15 is 0 Å². The summed E-state index contributed by atoms with van der Waals surface area (Å²) in [6.07, 6.45) is 1.73. The zero-order valence-electron chi connectivity index (χ0n) is 9.38. The van der Waals surface area contributed by atoms with Crippen molar-refractivity contribution in [3.8, 4) is 11.5 Å². The predicted octanol–water partition coefficient (Wildman–Crippen LogP) is 2.40. The molecule has 0 aliphatic rings. The molecule has 0 bridgehead atoms. The smallest absolute Gasteiger partial charge is 0.315 e. The van der Waals surface area contributed by atoms with Gasteiger partial charge in [0.15, 0.2) is 0 Å². The molecule has 0 spiro atoms. The first-order valence-corrected chi connectivity index (χ1v) is 5.22. The van der Waals surface area contributed by atoms with Crippen LogP contribution in [0.15, 0.2) is 18.2 Å². The van der Waals surface area contributed by atoms with Gasteiger partial charge in [-0.25, -0.2) is 0 Å². The second-order valence-corrected chi connectivity index (χ2v) is 3.49. The summed E-state index contributed by atoms with van der Waals surface area (Å²) >= 11 is 0. The lowest BCUT2D eigenvalue weighted by Crippen LogP contribution is -2.08. The van der Waals surface area contributed by atoms with E-state index in [2.05, 4.69) is 0 Å². The van der Waals surface area contributed by atoms with Crippen LogP contribution in [0.2, 0.25) is 0 Å². The first-order valence-electron chi connectivity index (χ1n) is 5.22. The van der Waals surface area contributed by atoms with Gasteiger partial charge < -0.3 is 9.84 Å². The number of aromatic hydroxyl groups is 1. The summed E-state index contributed by atoms with van der Waals surface area (Å²) in [4.78, 5) is 21.3. The predicted molar refractivity (Wildman–Crippen MR) is 59.9 cm³/mol. The Labute approximate surface area is 98.0 Å². The molecule has 1 N–H and O–H groups in total. The Balaban J connectivity index is 2.83. The van der Waals surface area contributed by atoms with Crippen LogP contribution in [0.4, 0.5) is 5.69 Å². The minimum atomic E-state index is -0.706. The van der Waals surface area contributed by atoms with Gasteiger partial charge in [-0.05, 0) is 18.6 Å². The largest absolute Gasteiger partial charge is 0.508 e. The number of unbranched alkanes of at least 4 members (excludes halogenated alkanes) is 1. The summed E-state index contributed by atoms with van der Waals surface area (Å²) in [6, 6.07) is 3.38. The number of nitro benzene ring substituents is 1. The summed E-state index contributed by atoms with van der Waals surface area (Å²) in [5.41, 5.74) is -0.421. The van der Waals surface area contributed by atoms with E-state index in [0.29, 0.717) is 6.42 Å². The van der Waals surface area contributed by atoms with E-state index in [0.717, 1.165) is 12.5 Å². The summed E-state index contributed by atoms with van der Waals surface area (Å²) in [5.74, 6) is -0.903. The van der Waals surface area contributed by atoms with E-state index in [9.17, 15) is 14.9 Å². The number of benzene rings is 1. The highest BCUT2D eigenvalue weighted by atomic mass is 16.6. The molecule has 0 saturated heterocycles. The fraction of sp³-hybridized carbons (Fsp3) is 0.364. The molecule has 0 saturated carbocycles. The second-order valence-electron chi connectivity index (χ2n) is 3.49. The Bertz CT molecular complexity index is 430. The molecular weight excluding hydrogens is 226 g/mol. The number of nitrogens with zero attached hydrogens (tertiary/aromatic N) is 1. The number of hydrogen-bond donors (Lipinski definition) is 1. The van der Waals surface area contributed by atoms with Crippen LogP contribution in [-0.4, -0.2) is 16.0 Å². The molecule has 0 aromatic heterocycles. The van der Waals surface area contributed by atoms with Gasteiger partial charge in [0.1, 0.15) is 5.75 Å². The maximum absolute atomic E-state index is 11.3. The highest BCUT2D eigenvalue weighted by molar-refractivity contribution is 5.74. The topological polar surface area (TPSA) is 89.7 Å². The van der Waals surface area contributed by atoms with Crippen molar-refractivity contribution in [1.82, 2.24) is 0 Å². The summed E-state index contributed by atoms with van der Waals surface area (Å²) in [5, 5.41) is 19.8. The standard InChI is InChI=1S/C11H13NO5/c1-2-3-4-11(14)17-10-6-5-8(13)7-9(10)12(15)16/h5-7,13H,2-4H2,1H3. The first kappa shape index (κ1) is 13.0. The van der Waals surface area contributed by atoms with Crippen molar-refractivity contribution < 1.29 is 19.6 Å². The van der Waals surface area contributed by atoms with Gasteiger partial charge in [-0.1, -0.05) is 13.3 Å². The molecular formula is C11H13NO5. The first-order chi connectivity index (χ1) is 8.04. The second kappa shape index (κ2) is 5.83. The number of esters is 1. The molecule has 6 nitrogen and oxygen atoms in total. The number of carbonyl (C=O) groups excluding carboxylic acids is 1. The minimum absolute atomic E-state index is 0.145. The number of phenolic OH excluding ortho intramolecular Hbond substituents is 1. The van der Waals surface area contributed by atoms with Crippen molar-refractivity contribution in [3.63, 3.8) is 0 Å². The van der Waals surface area contributed by atoms with Crippen LogP contribution >= 0.6 is 0 Å². The van der Waals surface area contributed by atoms with Crippen molar-refractivity contribution in [2.24, 2.45) is 0 Å². The minimum Gasteiger partial charge on any atom is -0.508 e. The molecule has 0 radical (unpaired) electrons. The molecule has 0 amide bonds. The van der Waals surface area contributed by atoms with Gasteiger partial charge in [0.2, 0.25) is 5.75 Å². The Morgan fingerprint density at radius 2 is 2.24 bits per heavy atom. The molecule has 92 valence electrons. The van der Waals surface area contributed by atoms with Gasteiger partial charge in [0.05, 0.1) is 11.0 Å². The van der Waals surface area contributed by atoms with Crippen molar-refractivity contribution in [3.05, 3.63) is 28.3 Å². The lowest BCUT2D eigenvalue weighted by molar-refractivity contribution is -0.385. The van der Waals surface area contributed by atoms with Crippen LogP contribution in [0.1, 0.15) is 26.2 Å². The number of carbonyl (C=O) groups is 1. The van der Waals surface area contributed by atoms with E-state index < -0.39 is 16.6 Å². The number of rotatable bonds is 5. The molecule has 17 heavy (non-hydrogen) atoms. The Morgan fingerprint density at radius 1 is 1.53 bits per heavy atom. The van der Waals surface area contributed by atoms with Gasteiger partial charge >= 0.3 is 11.7 Å². The van der Waals surface area contributed by atoms with Crippen LogP contribution < -0.4 is 4.74 Å². The fourth-order valence-corrected chi connectivity index (χ4v) is 1.23. The maximum Gasteiger partial charge on any atom is 0.315 e. The lowest BCUT2D eigenvalue weighted by atomic mass is 10.2. The summed E-state index contributed by atoms with van der Waals surface area (Å²) in [7, 11) is 0. The highest BCUT2D eigenvalue weighted by Crippen LogP contribution is 2.30. The van der Waals surface area contributed by atoms with Gasteiger partial charge in [-0.3, -0.25) is 14.9 Å². The van der Waals surface area contributed by atoms with E-state index in [1.54, 1.807) is 0 Å². The third-order valence-electron chi connectivity index (χ3n) is 2.10. The fourth-order valence-electron chi connectivity index (χ4n) is 1.23. The van der Waals surface area contributed by atoms with Crippen LogP contribution in [-0.2, 0) is 4.79 Å². The zero-order valence-corrected chi connectivity index (χ0v) is 9.38. The Morgan fingerprint density at radius 3 is 2.82 bits per heavy atom. The normalized spacial score (nSPS) is 9.94. The third-order valence-corrected chi connectivity index (χ3v) is 2.10. The monoisotopic (exact) mass is 239 g/mol. The van der Waals surface area contributed by atoms with Gasteiger partial charge in [-0.2, -0.15) is 0 Å². The molecule has 0 atom stereocenters. The van der Waals surface area contributed by atoms with Gasteiger partial charge in [0, 0.05) is 6.42 Å². The molecule has 1 aromatic carbocycles. The quantitative estimate of drug-likeness (QED) is 0.369. The van der Waals surface area contributed by atoms with Crippen molar-refractivity contribution >= 4 is 11.7 Å². The van der Waals surface area contributed by atoms with Crippen LogP contribution in [0, 0.1) is 10.1 Å². The average molecular weight is 239 g/mol. The van der Waals surface area contributed by atoms with Gasteiger partial charge in [-0.15, -0.1) is 0 Å². The van der Waals surface area contributed by atoms with Crippen LogP contribution in [0.25, 0.3) is 0 Å². The van der Waals surface area contributed by atoms with E-state index in [-0.39, 0.29) is 17.9 Å². The van der Waals surface area contributed by atoms with Crippen LogP contribution in [0.3, 0.4) is 0 Å². The molecule has 0 unspecified atom stereocenters. The third kappa shape index (κ3) is 3.75. The van der Waals surface area contributed by atoms with E-state index in [1.165, 1.54) is 12.1 Å². The molecule has 0 aliphatic carbocycles. The highest BCUT2D eigenvalue weighted by Gasteiger charge is 2.18. The molecule has 1 rings (SSSR count). The van der Waals surface area contributed by atoms with Crippen molar-refractivity contribution in [1.29, 1.82) is 0 Å². The number of hydrogen-bond acceptors (Lipinski definition) is 5. The Kier molecular flexibility index (Phi) is 4.45. The number of nitro groups is 1. The summed E-state index contributed by atoms with van der Waals surface area (Å²) < 4.78 is 4.87. The lowest BCUT2D eigenvalue weighted by Gasteiger charge is -2.04. The van der Waals surface area contributed by atoms with Crippen LogP contribution in [0.5, 0.6) is 11.5 Å².